The van der Waals surface area contributed by atoms with Crippen molar-refractivity contribution in [1.29, 1.82) is 5.26 Å². The highest BCUT2D eigenvalue weighted by atomic mass is 16.5. The van der Waals surface area contributed by atoms with Crippen LogP contribution < -0.4 is 21.7 Å². The van der Waals surface area contributed by atoms with Crippen molar-refractivity contribution in [3.8, 4) is 6.07 Å². The minimum atomic E-state index is 0.279. The van der Waals surface area contributed by atoms with Crippen molar-refractivity contribution in [3.05, 3.63) is 41.4 Å². The Labute approximate surface area is 140 Å². The Morgan fingerprint density at radius 2 is 2.17 bits per heavy atom. The van der Waals surface area contributed by atoms with Crippen LogP contribution in [0, 0.1) is 17.2 Å². The zero-order valence-electron chi connectivity index (χ0n) is 13.4. The molecule has 0 radical (unpaired) electrons. The van der Waals surface area contributed by atoms with E-state index in [4.69, 9.17) is 15.7 Å². The molecule has 0 bridgehead atoms. The lowest BCUT2D eigenvalue weighted by Gasteiger charge is -2.25. The number of nitriles is 1. The monoisotopic (exact) mass is 327 g/mol. The highest BCUT2D eigenvalue weighted by Crippen LogP contribution is 2.18. The Balaban J connectivity index is 1.60. The molecule has 2 aliphatic rings. The summed E-state index contributed by atoms with van der Waals surface area (Å²) in [6.07, 6.45) is 7.02. The minimum Gasteiger partial charge on any atom is -0.491 e. The van der Waals surface area contributed by atoms with Crippen LogP contribution in [-0.4, -0.2) is 36.2 Å². The second-order valence-corrected chi connectivity index (χ2v) is 5.83. The highest BCUT2D eigenvalue weighted by Gasteiger charge is 2.17. The number of nitrogens with two attached hydrogens (primary N) is 1. The van der Waals surface area contributed by atoms with Crippen molar-refractivity contribution in [3.63, 3.8) is 0 Å². The second kappa shape index (κ2) is 7.66. The molecule has 1 saturated heterocycles. The van der Waals surface area contributed by atoms with E-state index in [1.807, 2.05) is 12.1 Å². The summed E-state index contributed by atoms with van der Waals surface area (Å²) in [4.78, 5) is 8.11. The van der Waals surface area contributed by atoms with Crippen molar-refractivity contribution in [1.82, 2.24) is 20.6 Å². The predicted molar refractivity (Wildman–Crippen MR) is 89.2 cm³/mol. The molecule has 8 nitrogen and oxygen atoms in total. The molecule has 0 aromatic carbocycles. The van der Waals surface area contributed by atoms with Gasteiger partial charge in [0.05, 0.1) is 31.2 Å². The largest absolute Gasteiger partial charge is 0.491 e. The normalized spacial score (nSPS) is 18.4. The van der Waals surface area contributed by atoms with Crippen LogP contribution in [0.4, 0.5) is 5.82 Å². The summed E-state index contributed by atoms with van der Waals surface area (Å²) in [5.41, 5.74) is 6.99. The number of anilines is 1. The van der Waals surface area contributed by atoms with Gasteiger partial charge >= 0.3 is 0 Å². The van der Waals surface area contributed by atoms with Gasteiger partial charge in [-0.25, -0.2) is 9.97 Å². The quantitative estimate of drug-likeness (QED) is 0.613. The Morgan fingerprint density at radius 1 is 1.33 bits per heavy atom. The van der Waals surface area contributed by atoms with Gasteiger partial charge in [0.2, 0.25) is 0 Å². The lowest BCUT2D eigenvalue weighted by Crippen LogP contribution is -2.32. The Morgan fingerprint density at radius 3 is 2.88 bits per heavy atom. The number of rotatable bonds is 5. The van der Waals surface area contributed by atoms with E-state index in [1.165, 1.54) is 12.4 Å². The molecule has 0 saturated carbocycles. The number of hydrogen-bond acceptors (Lipinski definition) is 8. The van der Waals surface area contributed by atoms with E-state index < -0.39 is 0 Å². The van der Waals surface area contributed by atoms with E-state index in [9.17, 15) is 0 Å². The summed E-state index contributed by atoms with van der Waals surface area (Å²) in [6, 6.07) is 1.94. The van der Waals surface area contributed by atoms with E-state index in [0.29, 0.717) is 36.3 Å². The summed E-state index contributed by atoms with van der Waals surface area (Å²) in [5.74, 6) is 2.54. The molecular weight excluding hydrogens is 306 g/mol. The molecule has 8 heteroatoms. The van der Waals surface area contributed by atoms with Crippen LogP contribution in [0.25, 0.3) is 0 Å². The molecule has 24 heavy (non-hydrogen) atoms. The summed E-state index contributed by atoms with van der Waals surface area (Å²) in [7, 11) is 0. The molecule has 0 atom stereocenters. The van der Waals surface area contributed by atoms with Crippen molar-refractivity contribution >= 4 is 5.82 Å². The van der Waals surface area contributed by atoms with Crippen LogP contribution in [-0.2, 0) is 4.74 Å². The van der Waals surface area contributed by atoms with Gasteiger partial charge in [-0.05, 0) is 31.8 Å². The van der Waals surface area contributed by atoms with Crippen molar-refractivity contribution in [2.45, 2.75) is 12.8 Å². The van der Waals surface area contributed by atoms with E-state index in [1.54, 1.807) is 0 Å². The molecule has 3 heterocycles. The smallest absolute Gasteiger partial charge is 0.158 e. The molecule has 126 valence electrons. The number of hydrogen-bond donors (Lipinski definition) is 4. The first-order chi connectivity index (χ1) is 11.7. The summed E-state index contributed by atoms with van der Waals surface area (Å²) in [6.45, 7) is 3.27. The molecule has 0 unspecified atom stereocenters. The van der Waals surface area contributed by atoms with E-state index in [0.717, 1.165) is 31.8 Å². The van der Waals surface area contributed by atoms with Crippen LogP contribution in [0.15, 0.2) is 35.7 Å². The highest BCUT2D eigenvalue weighted by molar-refractivity contribution is 5.43. The van der Waals surface area contributed by atoms with Gasteiger partial charge in [0.1, 0.15) is 23.5 Å². The Hall–Kier alpha value is -2.79. The van der Waals surface area contributed by atoms with Crippen LogP contribution in [0.2, 0.25) is 0 Å². The molecule has 1 fully saturated rings. The molecule has 3 rings (SSSR count). The van der Waals surface area contributed by atoms with Gasteiger partial charge in [-0.3, -0.25) is 0 Å². The molecule has 0 amide bonds. The lowest BCUT2D eigenvalue weighted by atomic mass is 9.99. The number of dihydropyridines is 1. The number of nitrogens with one attached hydrogen (secondary N) is 3. The molecule has 0 spiro atoms. The second-order valence-electron chi connectivity index (χ2n) is 5.83. The molecule has 5 N–H and O–H groups in total. The summed E-state index contributed by atoms with van der Waals surface area (Å²) >= 11 is 0. The zero-order valence-corrected chi connectivity index (χ0v) is 13.4. The number of piperidine rings is 1. The van der Waals surface area contributed by atoms with Crippen molar-refractivity contribution in [2.75, 3.05) is 31.6 Å². The first-order valence-corrected chi connectivity index (χ1v) is 8.01. The fourth-order valence-corrected chi connectivity index (χ4v) is 2.61. The lowest BCUT2D eigenvalue weighted by molar-refractivity contribution is 0.150. The van der Waals surface area contributed by atoms with Crippen LogP contribution in [0.1, 0.15) is 18.5 Å². The molecular formula is C16H21N7O. The van der Waals surface area contributed by atoms with Gasteiger partial charge in [0.25, 0.3) is 0 Å². The Kier molecular flexibility index (Phi) is 5.13. The molecule has 1 aromatic rings. The van der Waals surface area contributed by atoms with E-state index >= 15 is 0 Å². The fourth-order valence-electron chi connectivity index (χ4n) is 2.61. The molecule has 0 aliphatic carbocycles. The molecule has 2 aliphatic heterocycles. The topological polar surface area (TPSA) is 121 Å². The van der Waals surface area contributed by atoms with Gasteiger partial charge in [-0.15, -0.1) is 0 Å². The van der Waals surface area contributed by atoms with Gasteiger partial charge < -0.3 is 26.4 Å². The van der Waals surface area contributed by atoms with Gasteiger partial charge in [0.15, 0.2) is 5.69 Å². The number of aromatic nitrogens is 2. The third-order valence-corrected chi connectivity index (χ3v) is 4.02. The van der Waals surface area contributed by atoms with Gasteiger partial charge in [-0.2, -0.15) is 5.26 Å². The standard InChI is InChI=1S/C16H21N7O/c17-6-12-7-21-16(9-20-12)23-15-5-14(13(18)8-22-15)24-10-11-1-3-19-4-2-11/h5,7,9,11,19,22H,1-4,8,10,18H2,(H,21,23). The average Bonchev–Trinajstić information content (AvgIpc) is 2.63. The average molecular weight is 327 g/mol. The SMILES string of the molecule is N#Cc1cnc(NC2=CC(OCC3CCNCC3)=C(N)CN2)cn1. The number of allylic oxidation sites excluding steroid dienone is 1. The van der Waals surface area contributed by atoms with Gasteiger partial charge in [-0.1, -0.05) is 0 Å². The maximum Gasteiger partial charge on any atom is 0.158 e. The van der Waals surface area contributed by atoms with Crippen molar-refractivity contribution < 1.29 is 4.74 Å². The van der Waals surface area contributed by atoms with E-state index in [-0.39, 0.29) is 5.69 Å². The summed E-state index contributed by atoms with van der Waals surface area (Å²) in [5, 5.41) is 18.4. The fraction of sp³-hybridized carbons (Fsp3) is 0.438. The zero-order chi connectivity index (χ0) is 16.8. The summed E-state index contributed by atoms with van der Waals surface area (Å²) < 4.78 is 5.93. The predicted octanol–water partition coefficient (Wildman–Crippen LogP) is 0.391. The maximum atomic E-state index is 8.74. The first kappa shape index (κ1) is 16.1. The first-order valence-electron chi connectivity index (χ1n) is 8.01. The number of ether oxygens (including phenoxy) is 1. The molecule has 1 aromatic heterocycles. The maximum absolute atomic E-state index is 8.74. The third kappa shape index (κ3) is 4.14. The van der Waals surface area contributed by atoms with Gasteiger partial charge in [0, 0.05) is 6.08 Å². The third-order valence-electron chi connectivity index (χ3n) is 4.02. The van der Waals surface area contributed by atoms with Crippen LogP contribution in [0.3, 0.4) is 0 Å². The van der Waals surface area contributed by atoms with Crippen molar-refractivity contribution in [2.24, 2.45) is 11.7 Å². The van der Waals surface area contributed by atoms with E-state index in [2.05, 4.69) is 25.9 Å². The Bertz CT molecular complexity index is 669. The van der Waals surface area contributed by atoms with Crippen LogP contribution >= 0.6 is 0 Å². The minimum absolute atomic E-state index is 0.279. The van der Waals surface area contributed by atoms with Crippen LogP contribution in [0.5, 0.6) is 0 Å². The number of nitrogens with zero attached hydrogens (tertiary/aromatic N) is 3.